The molecule has 0 saturated heterocycles. The molecule has 1 saturated carbocycles. The SMILES string of the molecule is CN(CC(=O)NC1CCCC1)Cc1cccc(N)c1. The molecule has 4 heteroatoms. The first-order chi connectivity index (χ1) is 9.13. The normalized spacial score (nSPS) is 15.9. The lowest BCUT2D eigenvalue weighted by molar-refractivity contribution is -0.122. The highest BCUT2D eigenvalue weighted by atomic mass is 16.2. The first kappa shape index (κ1) is 13.9. The number of carbonyl (C=O) groups excluding carboxylic acids is 1. The molecule has 1 aliphatic rings. The van der Waals surface area contributed by atoms with Gasteiger partial charge in [0.25, 0.3) is 0 Å². The van der Waals surface area contributed by atoms with E-state index in [1.165, 1.54) is 12.8 Å². The first-order valence-electron chi connectivity index (χ1n) is 6.96. The van der Waals surface area contributed by atoms with Crippen molar-refractivity contribution in [1.29, 1.82) is 0 Å². The zero-order valence-corrected chi connectivity index (χ0v) is 11.6. The summed E-state index contributed by atoms with van der Waals surface area (Å²) in [5.41, 5.74) is 7.65. The topological polar surface area (TPSA) is 58.4 Å². The Balaban J connectivity index is 1.77. The number of nitrogens with two attached hydrogens (primary N) is 1. The van der Waals surface area contributed by atoms with Crippen molar-refractivity contribution in [3.05, 3.63) is 29.8 Å². The summed E-state index contributed by atoms with van der Waals surface area (Å²) in [7, 11) is 1.96. The number of nitrogens with zero attached hydrogens (tertiary/aromatic N) is 1. The standard InChI is InChI=1S/C15H23N3O/c1-18(10-12-5-4-6-13(16)9-12)11-15(19)17-14-7-2-3-8-14/h4-6,9,14H,2-3,7-8,10-11,16H2,1H3,(H,17,19). The highest BCUT2D eigenvalue weighted by molar-refractivity contribution is 5.78. The Morgan fingerprint density at radius 3 is 2.84 bits per heavy atom. The quantitative estimate of drug-likeness (QED) is 0.794. The van der Waals surface area contributed by atoms with Gasteiger partial charge in [0.15, 0.2) is 0 Å². The molecule has 4 nitrogen and oxygen atoms in total. The van der Waals surface area contributed by atoms with E-state index in [4.69, 9.17) is 5.73 Å². The van der Waals surface area contributed by atoms with Crippen molar-refractivity contribution in [3.63, 3.8) is 0 Å². The van der Waals surface area contributed by atoms with Crippen LogP contribution in [0.2, 0.25) is 0 Å². The first-order valence-corrected chi connectivity index (χ1v) is 6.96. The number of nitrogen functional groups attached to an aromatic ring is 1. The van der Waals surface area contributed by atoms with Crippen molar-refractivity contribution < 1.29 is 4.79 Å². The highest BCUT2D eigenvalue weighted by Crippen LogP contribution is 2.17. The van der Waals surface area contributed by atoms with Crippen LogP contribution < -0.4 is 11.1 Å². The zero-order valence-electron chi connectivity index (χ0n) is 11.6. The molecular weight excluding hydrogens is 238 g/mol. The molecule has 1 fully saturated rings. The van der Waals surface area contributed by atoms with E-state index in [1.54, 1.807) is 0 Å². The van der Waals surface area contributed by atoms with E-state index in [0.717, 1.165) is 30.6 Å². The van der Waals surface area contributed by atoms with Gasteiger partial charge in [-0.2, -0.15) is 0 Å². The number of anilines is 1. The maximum Gasteiger partial charge on any atom is 0.234 e. The van der Waals surface area contributed by atoms with Gasteiger partial charge in [-0.25, -0.2) is 0 Å². The third-order valence-electron chi connectivity index (χ3n) is 3.54. The summed E-state index contributed by atoms with van der Waals surface area (Å²) in [6.45, 7) is 1.18. The Kier molecular flexibility index (Phi) is 4.80. The predicted molar refractivity (Wildman–Crippen MR) is 77.6 cm³/mol. The molecule has 0 heterocycles. The Hall–Kier alpha value is -1.55. The van der Waals surface area contributed by atoms with Gasteiger partial charge in [-0.3, -0.25) is 9.69 Å². The van der Waals surface area contributed by atoms with Gasteiger partial charge in [0.05, 0.1) is 6.54 Å². The minimum Gasteiger partial charge on any atom is -0.399 e. The van der Waals surface area contributed by atoms with E-state index in [0.29, 0.717) is 12.6 Å². The Morgan fingerprint density at radius 2 is 2.16 bits per heavy atom. The lowest BCUT2D eigenvalue weighted by Crippen LogP contribution is -2.39. The number of hydrogen-bond donors (Lipinski definition) is 2. The van der Waals surface area contributed by atoms with Crippen LogP contribution in [0.15, 0.2) is 24.3 Å². The average molecular weight is 261 g/mol. The van der Waals surface area contributed by atoms with Crippen LogP contribution in [0.25, 0.3) is 0 Å². The molecule has 1 aliphatic carbocycles. The fourth-order valence-corrected chi connectivity index (χ4v) is 2.65. The molecule has 1 aromatic carbocycles. The zero-order chi connectivity index (χ0) is 13.7. The average Bonchev–Trinajstić information content (AvgIpc) is 2.81. The molecule has 1 amide bonds. The third kappa shape index (κ3) is 4.56. The summed E-state index contributed by atoms with van der Waals surface area (Å²) >= 11 is 0. The van der Waals surface area contributed by atoms with E-state index < -0.39 is 0 Å². The van der Waals surface area contributed by atoms with Crippen molar-refractivity contribution in [1.82, 2.24) is 10.2 Å². The molecule has 0 radical (unpaired) electrons. The molecule has 19 heavy (non-hydrogen) atoms. The Morgan fingerprint density at radius 1 is 1.42 bits per heavy atom. The van der Waals surface area contributed by atoms with Crippen molar-refractivity contribution in [2.45, 2.75) is 38.3 Å². The number of rotatable bonds is 5. The van der Waals surface area contributed by atoms with Crippen LogP contribution >= 0.6 is 0 Å². The summed E-state index contributed by atoms with van der Waals surface area (Å²) in [5.74, 6) is 0.123. The summed E-state index contributed by atoms with van der Waals surface area (Å²) < 4.78 is 0. The summed E-state index contributed by atoms with van der Waals surface area (Å²) in [5, 5.41) is 3.10. The van der Waals surface area contributed by atoms with Crippen LogP contribution in [-0.2, 0) is 11.3 Å². The minimum atomic E-state index is 0.123. The molecular formula is C15H23N3O. The van der Waals surface area contributed by atoms with Gasteiger partial charge in [0.2, 0.25) is 5.91 Å². The van der Waals surface area contributed by atoms with E-state index in [-0.39, 0.29) is 5.91 Å². The van der Waals surface area contributed by atoms with Gasteiger partial charge < -0.3 is 11.1 Å². The largest absolute Gasteiger partial charge is 0.399 e. The Bertz CT molecular complexity index is 427. The van der Waals surface area contributed by atoms with E-state index in [9.17, 15) is 4.79 Å². The molecule has 0 unspecified atom stereocenters. The molecule has 1 aromatic rings. The molecule has 0 spiro atoms. The molecule has 0 aromatic heterocycles. The van der Waals surface area contributed by atoms with Crippen LogP contribution in [0.3, 0.4) is 0 Å². The van der Waals surface area contributed by atoms with Gasteiger partial charge in [-0.15, -0.1) is 0 Å². The molecule has 3 N–H and O–H groups in total. The second kappa shape index (κ2) is 6.57. The van der Waals surface area contributed by atoms with Crippen molar-refractivity contribution in [3.8, 4) is 0 Å². The van der Waals surface area contributed by atoms with Crippen molar-refractivity contribution in [2.75, 3.05) is 19.3 Å². The van der Waals surface area contributed by atoms with Crippen LogP contribution in [0.4, 0.5) is 5.69 Å². The monoisotopic (exact) mass is 261 g/mol. The van der Waals surface area contributed by atoms with Gasteiger partial charge in [-0.05, 0) is 37.6 Å². The summed E-state index contributed by atoms with van der Waals surface area (Å²) in [6.07, 6.45) is 4.74. The van der Waals surface area contributed by atoms with Crippen LogP contribution in [0.5, 0.6) is 0 Å². The third-order valence-corrected chi connectivity index (χ3v) is 3.54. The van der Waals surface area contributed by atoms with Gasteiger partial charge in [-0.1, -0.05) is 25.0 Å². The van der Waals surface area contributed by atoms with Crippen LogP contribution in [0.1, 0.15) is 31.2 Å². The lowest BCUT2D eigenvalue weighted by atomic mass is 10.2. The van der Waals surface area contributed by atoms with Gasteiger partial charge >= 0.3 is 0 Å². The summed E-state index contributed by atoms with van der Waals surface area (Å²) in [4.78, 5) is 13.9. The van der Waals surface area contributed by atoms with E-state index >= 15 is 0 Å². The lowest BCUT2D eigenvalue weighted by Gasteiger charge is -2.18. The second-order valence-corrected chi connectivity index (χ2v) is 5.47. The highest BCUT2D eigenvalue weighted by Gasteiger charge is 2.17. The molecule has 0 atom stereocenters. The second-order valence-electron chi connectivity index (χ2n) is 5.47. The number of hydrogen-bond acceptors (Lipinski definition) is 3. The van der Waals surface area contributed by atoms with Gasteiger partial charge in [0, 0.05) is 18.3 Å². The van der Waals surface area contributed by atoms with Crippen molar-refractivity contribution >= 4 is 11.6 Å². The van der Waals surface area contributed by atoms with Crippen LogP contribution in [0, 0.1) is 0 Å². The van der Waals surface area contributed by atoms with E-state index in [2.05, 4.69) is 5.32 Å². The van der Waals surface area contributed by atoms with Crippen LogP contribution in [-0.4, -0.2) is 30.4 Å². The predicted octanol–water partition coefficient (Wildman–Crippen LogP) is 1.76. The molecule has 0 aliphatic heterocycles. The van der Waals surface area contributed by atoms with Crippen molar-refractivity contribution in [2.24, 2.45) is 0 Å². The number of nitrogens with one attached hydrogen (secondary N) is 1. The number of carbonyl (C=O) groups is 1. The molecule has 0 bridgehead atoms. The minimum absolute atomic E-state index is 0.123. The number of benzene rings is 1. The van der Waals surface area contributed by atoms with Gasteiger partial charge in [0.1, 0.15) is 0 Å². The fraction of sp³-hybridized carbons (Fsp3) is 0.533. The smallest absolute Gasteiger partial charge is 0.234 e. The molecule has 2 rings (SSSR count). The Labute approximate surface area is 115 Å². The molecule has 104 valence electrons. The number of likely N-dealkylation sites (N-methyl/N-ethyl adjacent to an activating group) is 1. The maximum atomic E-state index is 11.9. The summed E-state index contributed by atoms with van der Waals surface area (Å²) in [6, 6.07) is 8.19. The fourth-order valence-electron chi connectivity index (χ4n) is 2.65. The maximum absolute atomic E-state index is 11.9. The van der Waals surface area contributed by atoms with E-state index in [1.807, 2.05) is 36.2 Å². The number of amides is 1.